The van der Waals surface area contributed by atoms with Crippen molar-refractivity contribution in [3.63, 3.8) is 0 Å². The number of hydrogen-bond donors (Lipinski definition) is 1. The summed E-state index contributed by atoms with van der Waals surface area (Å²) in [5, 5.41) is 5.25. The molecule has 1 N–H and O–H groups in total. The molecule has 1 amide bonds. The molecule has 4 aromatic rings. The highest BCUT2D eigenvalue weighted by Crippen LogP contribution is 2.35. The monoisotopic (exact) mass is 580 g/mol. The fourth-order valence-corrected chi connectivity index (χ4v) is 7.31. The molecule has 7 heteroatoms. The molecule has 2 aliphatic rings. The topological polar surface area (TPSA) is 75.7 Å². The molecule has 3 atom stereocenters. The molecule has 6 rings (SSSR count). The summed E-state index contributed by atoms with van der Waals surface area (Å²) in [6.07, 6.45) is 6.82. The zero-order valence-electron chi connectivity index (χ0n) is 23.9. The Labute approximate surface area is 251 Å². The Balaban J connectivity index is 1.22. The van der Waals surface area contributed by atoms with Gasteiger partial charge < -0.3 is 9.87 Å². The minimum Gasteiger partial charge on any atom is -0.755 e. The lowest BCUT2D eigenvalue weighted by Gasteiger charge is -2.35. The summed E-state index contributed by atoms with van der Waals surface area (Å²) in [7, 11) is 0. The van der Waals surface area contributed by atoms with Crippen molar-refractivity contribution < 1.29 is 13.6 Å². The minimum atomic E-state index is -2.59. The third-order valence-electron chi connectivity index (χ3n) is 8.71. The van der Waals surface area contributed by atoms with Gasteiger partial charge in [-0.3, -0.25) is 18.2 Å². The van der Waals surface area contributed by atoms with Crippen LogP contribution in [-0.2, 0) is 29.0 Å². The number of rotatable bonds is 9. The molecule has 218 valence electrons. The van der Waals surface area contributed by atoms with Crippen LogP contribution < -0.4 is 9.62 Å². The predicted octanol–water partition coefficient (Wildman–Crippen LogP) is 6.75. The normalized spacial score (nSPS) is 18.6. The van der Waals surface area contributed by atoms with Gasteiger partial charge in [-0.1, -0.05) is 85.3 Å². The average Bonchev–Trinajstić information content (AvgIpc) is 3.01. The Morgan fingerprint density at radius 3 is 2.45 bits per heavy atom. The number of benzene rings is 4. The first-order valence-corrected chi connectivity index (χ1v) is 16.1. The fraction of sp³-hybridized carbons (Fsp3) is 0.343. The van der Waals surface area contributed by atoms with Crippen LogP contribution in [0.25, 0.3) is 10.8 Å². The SMILES string of the molecule is O=C(CC(c1ccccc1)N(c1ccc2ccccc2c1)S(=O)[O-])NC1CCCc2cc(CN3CCCCC3)ccc21. The van der Waals surface area contributed by atoms with E-state index in [9.17, 15) is 13.6 Å². The highest BCUT2D eigenvalue weighted by atomic mass is 32.2. The molecular weight excluding hydrogens is 542 g/mol. The fourth-order valence-electron chi connectivity index (χ4n) is 6.62. The second-order valence-corrected chi connectivity index (χ2v) is 12.4. The molecule has 0 spiro atoms. The number of piperidine rings is 1. The lowest BCUT2D eigenvalue weighted by atomic mass is 9.86. The van der Waals surface area contributed by atoms with E-state index in [1.165, 1.54) is 53.3 Å². The van der Waals surface area contributed by atoms with E-state index in [-0.39, 0.29) is 18.4 Å². The van der Waals surface area contributed by atoms with E-state index in [1.54, 1.807) is 0 Å². The third kappa shape index (κ3) is 6.59. The van der Waals surface area contributed by atoms with Gasteiger partial charge in [-0.2, -0.15) is 0 Å². The van der Waals surface area contributed by atoms with Gasteiger partial charge in [-0.05, 0) is 90.4 Å². The highest BCUT2D eigenvalue weighted by molar-refractivity contribution is 7.80. The molecule has 3 unspecified atom stereocenters. The zero-order valence-corrected chi connectivity index (χ0v) is 24.7. The standard InChI is InChI=1S/C35H39N3O3S/c39-35(36-33-15-9-14-30-22-26(16-19-32(30)33)25-37-20-7-2-8-21-37)24-34(28-11-3-1-4-12-28)38(42(40)41)31-18-17-27-10-5-6-13-29(27)23-31/h1,3-6,10-13,16-19,22-23,33-34H,2,7-9,14-15,20-21,24-25H2,(H,36,39)(H,40,41)/p-1. The van der Waals surface area contributed by atoms with Crippen molar-refractivity contribution in [1.82, 2.24) is 10.2 Å². The van der Waals surface area contributed by atoms with Gasteiger partial charge in [-0.15, -0.1) is 0 Å². The Bertz CT molecular complexity index is 1550. The van der Waals surface area contributed by atoms with Gasteiger partial charge in [0.1, 0.15) is 0 Å². The van der Waals surface area contributed by atoms with Gasteiger partial charge in [0.15, 0.2) is 0 Å². The van der Waals surface area contributed by atoms with Gasteiger partial charge in [-0.25, -0.2) is 0 Å². The van der Waals surface area contributed by atoms with Gasteiger partial charge in [0.05, 0.1) is 18.5 Å². The van der Waals surface area contributed by atoms with Gasteiger partial charge in [0.25, 0.3) is 0 Å². The number of hydrogen-bond acceptors (Lipinski definition) is 4. The Morgan fingerprint density at radius 2 is 1.67 bits per heavy atom. The smallest absolute Gasteiger partial charge is 0.222 e. The molecule has 1 aliphatic carbocycles. The molecule has 1 fully saturated rings. The van der Waals surface area contributed by atoms with Crippen molar-refractivity contribution in [3.05, 3.63) is 113 Å². The molecule has 1 heterocycles. The van der Waals surface area contributed by atoms with Crippen molar-refractivity contribution in [2.75, 3.05) is 17.4 Å². The highest BCUT2D eigenvalue weighted by Gasteiger charge is 2.28. The van der Waals surface area contributed by atoms with Gasteiger partial charge in [0.2, 0.25) is 5.91 Å². The van der Waals surface area contributed by atoms with Crippen LogP contribution in [-0.4, -0.2) is 32.7 Å². The summed E-state index contributed by atoms with van der Waals surface area (Å²) in [6.45, 7) is 3.32. The molecule has 0 aromatic heterocycles. The Hall–Kier alpha value is -3.52. The minimum absolute atomic E-state index is 0.0176. The predicted molar refractivity (Wildman–Crippen MR) is 169 cm³/mol. The van der Waals surface area contributed by atoms with E-state index >= 15 is 0 Å². The summed E-state index contributed by atoms with van der Waals surface area (Å²) in [5.41, 5.74) is 5.16. The maximum atomic E-state index is 13.7. The zero-order chi connectivity index (χ0) is 28.9. The van der Waals surface area contributed by atoms with E-state index in [1.807, 2.05) is 72.8 Å². The molecule has 0 radical (unpaired) electrons. The Kier molecular flexibility index (Phi) is 8.98. The lowest BCUT2D eigenvalue weighted by molar-refractivity contribution is -0.122. The Morgan fingerprint density at radius 1 is 0.905 bits per heavy atom. The van der Waals surface area contributed by atoms with Crippen LogP contribution >= 0.6 is 0 Å². The third-order valence-corrected chi connectivity index (χ3v) is 9.49. The van der Waals surface area contributed by atoms with Crippen LogP contribution in [0.1, 0.15) is 72.9 Å². The van der Waals surface area contributed by atoms with E-state index in [0.717, 1.165) is 42.1 Å². The number of carbonyl (C=O) groups is 1. The van der Waals surface area contributed by atoms with E-state index in [2.05, 4.69) is 28.4 Å². The second-order valence-electron chi connectivity index (χ2n) is 11.6. The number of nitrogens with zero attached hydrogens (tertiary/aromatic N) is 2. The largest absolute Gasteiger partial charge is 0.755 e. The van der Waals surface area contributed by atoms with Crippen molar-refractivity contribution in [3.8, 4) is 0 Å². The number of carbonyl (C=O) groups excluding carboxylic acids is 1. The number of nitrogens with one attached hydrogen (secondary N) is 1. The molecule has 4 aromatic carbocycles. The molecule has 1 aliphatic heterocycles. The van der Waals surface area contributed by atoms with Gasteiger partial charge >= 0.3 is 0 Å². The van der Waals surface area contributed by atoms with Crippen LogP contribution in [0.15, 0.2) is 91.0 Å². The molecular formula is C35H38N3O3S-. The van der Waals surface area contributed by atoms with E-state index < -0.39 is 17.3 Å². The maximum absolute atomic E-state index is 13.7. The van der Waals surface area contributed by atoms with Crippen LogP contribution in [0.4, 0.5) is 5.69 Å². The number of amides is 1. The summed E-state index contributed by atoms with van der Waals surface area (Å²) in [6, 6.07) is 28.9. The number of anilines is 1. The number of fused-ring (bicyclic) bond motifs is 2. The summed E-state index contributed by atoms with van der Waals surface area (Å²) in [4.78, 5) is 16.2. The number of likely N-dealkylation sites (tertiary alicyclic amines) is 1. The summed E-state index contributed by atoms with van der Waals surface area (Å²) >= 11 is -2.59. The maximum Gasteiger partial charge on any atom is 0.222 e. The van der Waals surface area contributed by atoms with Crippen LogP contribution in [0, 0.1) is 0 Å². The lowest BCUT2D eigenvalue weighted by Crippen LogP contribution is -2.37. The first kappa shape index (κ1) is 28.6. The molecule has 42 heavy (non-hydrogen) atoms. The molecule has 1 saturated heterocycles. The average molecular weight is 581 g/mol. The molecule has 0 saturated carbocycles. The quantitative estimate of drug-likeness (QED) is 0.222. The van der Waals surface area contributed by atoms with Crippen LogP contribution in [0.5, 0.6) is 0 Å². The van der Waals surface area contributed by atoms with Crippen molar-refractivity contribution >= 4 is 33.6 Å². The van der Waals surface area contributed by atoms with Crippen molar-refractivity contribution in [1.29, 1.82) is 0 Å². The second kappa shape index (κ2) is 13.2. The van der Waals surface area contributed by atoms with Crippen molar-refractivity contribution in [2.45, 2.75) is 63.6 Å². The van der Waals surface area contributed by atoms with Crippen LogP contribution in [0.2, 0.25) is 0 Å². The summed E-state index contributed by atoms with van der Waals surface area (Å²) < 4.78 is 26.8. The number of aryl methyl sites for hydroxylation is 1. The van der Waals surface area contributed by atoms with Crippen molar-refractivity contribution in [2.24, 2.45) is 0 Å². The first-order chi connectivity index (χ1) is 20.5. The first-order valence-electron chi connectivity index (χ1n) is 15.1. The molecule has 0 bridgehead atoms. The van der Waals surface area contributed by atoms with Crippen LogP contribution in [0.3, 0.4) is 0 Å². The van der Waals surface area contributed by atoms with E-state index in [0.29, 0.717) is 5.69 Å². The van der Waals surface area contributed by atoms with E-state index in [4.69, 9.17) is 0 Å². The summed E-state index contributed by atoms with van der Waals surface area (Å²) in [5.74, 6) is -0.157. The molecule has 6 nitrogen and oxygen atoms in total. The van der Waals surface area contributed by atoms with Gasteiger partial charge in [0, 0.05) is 23.5 Å².